The number of benzene rings is 1. The summed E-state index contributed by atoms with van der Waals surface area (Å²) in [6.07, 6.45) is 8.63. The fourth-order valence-corrected chi connectivity index (χ4v) is 4.04. The molecule has 0 atom stereocenters. The molecule has 0 spiro atoms. The van der Waals surface area contributed by atoms with E-state index in [1.54, 1.807) is 0 Å². The lowest BCUT2D eigenvalue weighted by Gasteiger charge is -2.26. The Bertz CT molecular complexity index is 983. The predicted molar refractivity (Wildman–Crippen MR) is 114 cm³/mol. The Hall–Kier alpha value is -2.66. The lowest BCUT2D eigenvalue weighted by atomic mass is 9.93. The fourth-order valence-electron chi connectivity index (χ4n) is 4.04. The molecule has 0 bridgehead atoms. The third-order valence-electron chi connectivity index (χ3n) is 5.51. The molecule has 0 amide bonds. The molecule has 0 saturated heterocycles. The van der Waals surface area contributed by atoms with Gasteiger partial charge < -0.3 is 10.4 Å². The minimum atomic E-state index is -0.139. The van der Waals surface area contributed by atoms with E-state index in [-0.39, 0.29) is 6.10 Å². The number of nitrogens with zero attached hydrogens (tertiary/aromatic N) is 3. The van der Waals surface area contributed by atoms with E-state index in [1.807, 2.05) is 36.7 Å². The van der Waals surface area contributed by atoms with Gasteiger partial charge in [0.05, 0.1) is 18.0 Å². The molecule has 0 unspecified atom stereocenters. The zero-order valence-corrected chi connectivity index (χ0v) is 16.6. The summed E-state index contributed by atoms with van der Waals surface area (Å²) in [6, 6.07) is 12.9. The van der Waals surface area contributed by atoms with Gasteiger partial charge in [-0.3, -0.25) is 0 Å². The van der Waals surface area contributed by atoms with Gasteiger partial charge in [-0.15, -0.1) is 5.10 Å². The molecule has 5 nitrogen and oxygen atoms in total. The summed E-state index contributed by atoms with van der Waals surface area (Å²) >= 11 is 0. The fraction of sp³-hybridized carbons (Fsp3) is 0.391. The van der Waals surface area contributed by atoms with Crippen molar-refractivity contribution in [2.75, 3.05) is 5.32 Å². The zero-order chi connectivity index (χ0) is 19.5. The molecule has 2 aliphatic carbocycles. The highest BCUT2D eigenvalue weighted by atomic mass is 16.3. The zero-order valence-electron chi connectivity index (χ0n) is 16.6. The maximum atomic E-state index is 9.68. The number of rotatable bonds is 3. The Balaban J connectivity index is 0.000000932. The molecule has 0 aliphatic heterocycles. The maximum Gasteiger partial charge on any atom is 0.154 e. The first-order chi connectivity index (χ1) is 13.8. The molecule has 5 heteroatoms. The average Bonchev–Trinajstić information content (AvgIpc) is 3.34. The summed E-state index contributed by atoms with van der Waals surface area (Å²) in [5.74, 6) is 0.870. The van der Waals surface area contributed by atoms with Crippen LogP contribution in [0.15, 0.2) is 42.6 Å². The van der Waals surface area contributed by atoms with E-state index in [0.29, 0.717) is 6.04 Å². The minimum Gasteiger partial charge on any atom is -0.393 e. The molecule has 1 fully saturated rings. The lowest BCUT2D eigenvalue weighted by Crippen LogP contribution is -2.28. The van der Waals surface area contributed by atoms with Crippen molar-refractivity contribution in [2.24, 2.45) is 0 Å². The van der Waals surface area contributed by atoms with Crippen LogP contribution in [0.25, 0.3) is 17.3 Å². The molecule has 2 aliphatic rings. The third-order valence-corrected chi connectivity index (χ3v) is 5.51. The van der Waals surface area contributed by atoms with E-state index in [4.69, 9.17) is 5.10 Å². The van der Waals surface area contributed by atoms with Crippen LogP contribution in [0.3, 0.4) is 0 Å². The van der Waals surface area contributed by atoms with Crippen LogP contribution in [0.2, 0.25) is 0 Å². The first-order valence-corrected chi connectivity index (χ1v) is 10.3. The van der Waals surface area contributed by atoms with Crippen molar-refractivity contribution in [2.45, 2.75) is 58.1 Å². The summed E-state index contributed by atoms with van der Waals surface area (Å²) in [7, 11) is 0. The SMILES string of the molecule is CC.OC1CCC(Nc2ccc3ncc(C4=Cc5ccccc5C4)n3n2)CC1. The quantitative estimate of drug-likeness (QED) is 0.703. The Kier molecular flexibility index (Phi) is 5.44. The molecule has 28 heavy (non-hydrogen) atoms. The maximum absolute atomic E-state index is 9.68. The number of imidazole rings is 1. The molecule has 3 aromatic rings. The monoisotopic (exact) mass is 376 g/mol. The number of nitrogens with one attached hydrogen (secondary N) is 1. The van der Waals surface area contributed by atoms with Crippen LogP contribution in [-0.2, 0) is 6.42 Å². The number of allylic oxidation sites excluding steroid dienone is 1. The van der Waals surface area contributed by atoms with Crippen LogP contribution in [0.1, 0.15) is 56.4 Å². The summed E-state index contributed by atoms with van der Waals surface area (Å²) in [6.45, 7) is 4.00. The van der Waals surface area contributed by atoms with Crippen molar-refractivity contribution in [1.82, 2.24) is 14.6 Å². The average molecular weight is 377 g/mol. The van der Waals surface area contributed by atoms with Gasteiger partial charge in [-0.05, 0) is 60.6 Å². The second-order valence-corrected chi connectivity index (χ2v) is 7.33. The highest BCUT2D eigenvalue weighted by Gasteiger charge is 2.20. The summed E-state index contributed by atoms with van der Waals surface area (Å²) < 4.78 is 1.94. The van der Waals surface area contributed by atoms with E-state index in [0.717, 1.165) is 49.3 Å². The second-order valence-electron chi connectivity index (χ2n) is 7.33. The van der Waals surface area contributed by atoms with E-state index in [1.165, 1.54) is 16.7 Å². The molecule has 2 aromatic heterocycles. The molecule has 2 heterocycles. The van der Waals surface area contributed by atoms with Crippen LogP contribution in [-0.4, -0.2) is 31.9 Å². The first-order valence-electron chi connectivity index (χ1n) is 10.3. The highest BCUT2D eigenvalue weighted by Crippen LogP contribution is 2.31. The van der Waals surface area contributed by atoms with Gasteiger partial charge in [0.1, 0.15) is 5.82 Å². The van der Waals surface area contributed by atoms with Crippen molar-refractivity contribution in [3.63, 3.8) is 0 Å². The first kappa shape index (κ1) is 18.7. The molecule has 2 N–H and O–H groups in total. The van der Waals surface area contributed by atoms with Crippen molar-refractivity contribution < 1.29 is 5.11 Å². The largest absolute Gasteiger partial charge is 0.393 e. The van der Waals surface area contributed by atoms with E-state index in [9.17, 15) is 5.11 Å². The van der Waals surface area contributed by atoms with Gasteiger partial charge in [-0.2, -0.15) is 0 Å². The topological polar surface area (TPSA) is 62.5 Å². The van der Waals surface area contributed by atoms with Crippen LogP contribution >= 0.6 is 0 Å². The van der Waals surface area contributed by atoms with E-state index < -0.39 is 0 Å². The van der Waals surface area contributed by atoms with Gasteiger partial charge in [-0.1, -0.05) is 38.1 Å². The molecule has 1 saturated carbocycles. The number of anilines is 1. The molecular formula is C23H28N4O. The summed E-state index contributed by atoms with van der Waals surface area (Å²) in [5, 5.41) is 18.0. The minimum absolute atomic E-state index is 0.139. The van der Waals surface area contributed by atoms with Gasteiger partial charge >= 0.3 is 0 Å². The molecule has 0 radical (unpaired) electrons. The smallest absolute Gasteiger partial charge is 0.154 e. The van der Waals surface area contributed by atoms with E-state index >= 15 is 0 Å². The van der Waals surface area contributed by atoms with Crippen molar-refractivity contribution in [3.8, 4) is 0 Å². The summed E-state index contributed by atoms with van der Waals surface area (Å²) in [5.41, 5.74) is 5.81. The standard InChI is InChI=1S/C21H22N4O.C2H6/c26-18-7-5-17(6-8-18)23-20-9-10-21-22-13-19(25(21)24-20)16-11-14-3-1-2-4-15(14)12-16;1-2/h1-4,9-11,13,17-18,26H,5-8,12H2,(H,23,24);1-2H3. The van der Waals surface area contributed by atoms with Crippen LogP contribution in [0.5, 0.6) is 0 Å². The Morgan fingerprint density at radius 1 is 1.04 bits per heavy atom. The van der Waals surface area contributed by atoms with E-state index in [2.05, 4.69) is 40.6 Å². The predicted octanol–water partition coefficient (Wildman–Crippen LogP) is 4.57. The van der Waals surface area contributed by atoms with Gasteiger partial charge in [0.15, 0.2) is 5.65 Å². The molecule has 1 aromatic carbocycles. The van der Waals surface area contributed by atoms with Gasteiger partial charge in [-0.25, -0.2) is 9.50 Å². The highest BCUT2D eigenvalue weighted by molar-refractivity contribution is 5.87. The Morgan fingerprint density at radius 2 is 1.82 bits per heavy atom. The number of aromatic nitrogens is 3. The van der Waals surface area contributed by atoms with Gasteiger partial charge in [0.25, 0.3) is 0 Å². The number of aliphatic hydroxyl groups is 1. The Labute approximate surface area is 166 Å². The Morgan fingerprint density at radius 3 is 2.61 bits per heavy atom. The van der Waals surface area contributed by atoms with Gasteiger partial charge in [0, 0.05) is 12.5 Å². The number of hydrogen-bond acceptors (Lipinski definition) is 4. The normalized spacial score (nSPS) is 20.9. The van der Waals surface area contributed by atoms with Gasteiger partial charge in [0.2, 0.25) is 0 Å². The van der Waals surface area contributed by atoms with Crippen molar-refractivity contribution in [3.05, 3.63) is 59.4 Å². The number of aliphatic hydroxyl groups excluding tert-OH is 1. The van der Waals surface area contributed by atoms with Crippen molar-refractivity contribution >= 4 is 23.1 Å². The second kappa shape index (κ2) is 8.15. The molecule has 5 rings (SSSR count). The van der Waals surface area contributed by atoms with Crippen LogP contribution < -0.4 is 5.32 Å². The number of hydrogen-bond donors (Lipinski definition) is 2. The number of fused-ring (bicyclic) bond motifs is 2. The lowest BCUT2D eigenvalue weighted by molar-refractivity contribution is 0.126. The molecule has 146 valence electrons. The van der Waals surface area contributed by atoms with Crippen molar-refractivity contribution in [1.29, 1.82) is 0 Å². The van der Waals surface area contributed by atoms with Crippen LogP contribution in [0.4, 0.5) is 5.82 Å². The third kappa shape index (κ3) is 3.67. The molecular weight excluding hydrogens is 348 g/mol. The summed E-state index contributed by atoms with van der Waals surface area (Å²) in [4.78, 5) is 4.52. The van der Waals surface area contributed by atoms with Crippen LogP contribution in [0, 0.1) is 0 Å².